The molecule has 0 saturated carbocycles. The second-order valence-corrected chi connectivity index (χ2v) is 5.32. The highest BCUT2D eigenvalue weighted by atomic mass is 16.6. The summed E-state index contributed by atoms with van der Waals surface area (Å²) in [7, 11) is 0. The largest absolute Gasteiger partial charge is 0.478 e. The smallest absolute Gasteiger partial charge is 0.333 e. The van der Waals surface area contributed by atoms with Gasteiger partial charge < -0.3 is 10.0 Å². The van der Waals surface area contributed by atoms with Crippen LogP contribution in [0.1, 0.15) is 11.1 Å². The molecule has 23 heavy (non-hydrogen) atoms. The Balaban J connectivity index is 2.01. The number of fused-ring (bicyclic) bond motifs is 1. The number of nitrogens with zero attached hydrogens (tertiary/aromatic N) is 2. The van der Waals surface area contributed by atoms with Gasteiger partial charge in [-0.05, 0) is 17.7 Å². The van der Waals surface area contributed by atoms with E-state index in [4.69, 9.17) is 0 Å². The van der Waals surface area contributed by atoms with Crippen LogP contribution >= 0.6 is 0 Å². The summed E-state index contributed by atoms with van der Waals surface area (Å²) in [5.74, 6) is -1.01. The van der Waals surface area contributed by atoms with E-state index in [0.717, 1.165) is 11.3 Å². The molecule has 1 aliphatic rings. The molecule has 1 aliphatic heterocycles. The molecular formula is C17H14N2O4. The van der Waals surface area contributed by atoms with Crippen LogP contribution in [-0.2, 0) is 11.3 Å². The maximum absolute atomic E-state index is 11.4. The number of aliphatic carboxylic acids is 1. The fourth-order valence-corrected chi connectivity index (χ4v) is 2.66. The van der Waals surface area contributed by atoms with Crippen LogP contribution in [0.25, 0.3) is 6.08 Å². The van der Waals surface area contributed by atoms with Crippen molar-refractivity contribution < 1.29 is 14.8 Å². The van der Waals surface area contributed by atoms with Crippen molar-refractivity contribution in [1.82, 2.24) is 0 Å². The van der Waals surface area contributed by atoms with Gasteiger partial charge in [-0.2, -0.15) is 0 Å². The van der Waals surface area contributed by atoms with Crippen LogP contribution < -0.4 is 4.90 Å². The van der Waals surface area contributed by atoms with Gasteiger partial charge in [0.25, 0.3) is 5.69 Å². The second kappa shape index (κ2) is 5.92. The Bertz CT molecular complexity index is 799. The van der Waals surface area contributed by atoms with Crippen molar-refractivity contribution in [2.75, 3.05) is 11.4 Å². The summed E-state index contributed by atoms with van der Waals surface area (Å²) < 4.78 is 0. The van der Waals surface area contributed by atoms with Crippen molar-refractivity contribution in [3.8, 4) is 0 Å². The number of carboxylic acid groups (broad SMARTS) is 1. The van der Waals surface area contributed by atoms with Crippen LogP contribution in [0.3, 0.4) is 0 Å². The summed E-state index contributed by atoms with van der Waals surface area (Å²) in [5, 5.41) is 20.2. The van der Waals surface area contributed by atoms with Crippen LogP contribution in [0, 0.1) is 10.1 Å². The number of nitro groups is 1. The highest BCUT2D eigenvalue weighted by molar-refractivity contribution is 5.96. The molecule has 1 N–H and O–H groups in total. The maximum Gasteiger partial charge on any atom is 0.333 e. The van der Waals surface area contributed by atoms with Crippen LogP contribution in [-0.4, -0.2) is 22.5 Å². The van der Waals surface area contributed by atoms with Crippen LogP contribution in [0.2, 0.25) is 0 Å². The number of anilines is 1. The van der Waals surface area contributed by atoms with E-state index < -0.39 is 10.9 Å². The molecule has 3 rings (SSSR count). The van der Waals surface area contributed by atoms with E-state index in [2.05, 4.69) is 0 Å². The molecule has 6 heteroatoms. The van der Waals surface area contributed by atoms with Crippen LogP contribution in [0.15, 0.2) is 54.1 Å². The maximum atomic E-state index is 11.4. The summed E-state index contributed by atoms with van der Waals surface area (Å²) in [4.78, 5) is 23.7. The lowest BCUT2D eigenvalue weighted by Crippen LogP contribution is -2.30. The van der Waals surface area contributed by atoms with Gasteiger partial charge in [0.05, 0.1) is 17.0 Å². The first kappa shape index (κ1) is 14.8. The molecule has 0 amide bonds. The summed E-state index contributed by atoms with van der Waals surface area (Å²) in [6.07, 6.45) is 1.51. The molecule has 116 valence electrons. The number of hydrogen-bond acceptors (Lipinski definition) is 4. The second-order valence-electron chi connectivity index (χ2n) is 5.32. The molecule has 0 unspecified atom stereocenters. The molecule has 1 heterocycles. The zero-order chi connectivity index (χ0) is 16.4. The van der Waals surface area contributed by atoms with Gasteiger partial charge in [0.15, 0.2) is 0 Å². The van der Waals surface area contributed by atoms with Gasteiger partial charge in [-0.15, -0.1) is 0 Å². The Kier molecular flexibility index (Phi) is 3.80. The van der Waals surface area contributed by atoms with E-state index in [1.54, 1.807) is 6.07 Å². The van der Waals surface area contributed by atoms with Gasteiger partial charge in [0.1, 0.15) is 0 Å². The fraction of sp³-hybridized carbons (Fsp3) is 0.118. The Morgan fingerprint density at radius 3 is 2.61 bits per heavy atom. The predicted molar refractivity (Wildman–Crippen MR) is 86.2 cm³/mol. The molecular weight excluding hydrogens is 296 g/mol. The zero-order valence-electron chi connectivity index (χ0n) is 12.2. The minimum absolute atomic E-state index is 0.0497. The number of hydrogen-bond donors (Lipinski definition) is 1. The average Bonchev–Trinajstić information content (AvgIpc) is 2.55. The Morgan fingerprint density at radius 2 is 1.96 bits per heavy atom. The number of rotatable bonds is 4. The summed E-state index contributed by atoms with van der Waals surface area (Å²) in [5.41, 5.74) is 2.56. The van der Waals surface area contributed by atoms with Gasteiger partial charge in [0, 0.05) is 29.9 Å². The number of benzene rings is 2. The fourth-order valence-electron chi connectivity index (χ4n) is 2.66. The molecule has 0 aliphatic carbocycles. The first-order chi connectivity index (χ1) is 11.0. The highest BCUT2D eigenvalue weighted by Crippen LogP contribution is 2.32. The number of nitro benzene ring substituents is 1. The lowest BCUT2D eigenvalue weighted by atomic mass is 10.0. The summed E-state index contributed by atoms with van der Waals surface area (Å²) >= 11 is 0. The van der Waals surface area contributed by atoms with E-state index in [9.17, 15) is 20.0 Å². The van der Waals surface area contributed by atoms with E-state index in [1.165, 1.54) is 18.2 Å². The van der Waals surface area contributed by atoms with Gasteiger partial charge >= 0.3 is 5.97 Å². The van der Waals surface area contributed by atoms with Gasteiger partial charge in [-0.1, -0.05) is 30.3 Å². The normalized spacial score (nSPS) is 13.2. The Morgan fingerprint density at radius 1 is 1.22 bits per heavy atom. The van der Waals surface area contributed by atoms with E-state index >= 15 is 0 Å². The molecule has 2 aromatic rings. The third-order valence-corrected chi connectivity index (χ3v) is 3.74. The van der Waals surface area contributed by atoms with E-state index in [0.29, 0.717) is 12.1 Å². The average molecular weight is 310 g/mol. The molecule has 0 fully saturated rings. The van der Waals surface area contributed by atoms with Crippen LogP contribution in [0.4, 0.5) is 11.4 Å². The minimum Gasteiger partial charge on any atom is -0.478 e. The number of carboxylic acids is 1. The third-order valence-electron chi connectivity index (χ3n) is 3.74. The molecule has 2 aromatic carbocycles. The van der Waals surface area contributed by atoms with Crippen LogP contribution in [0.5, 0.6) is 0 Å². The number of carbonyl (C=O) groups is 1. The minimum atomic E-state index is -1.01. The molecule has 0 spiro atoms. The molecule has 6 nitrogen and oxygen atoms in total. The molecule has 0 bridgehead atoms. The molecule has 0 aromatic heterocycles. The highest BCUT2D eigenvalue weighted by Gasteiger charge is 2.23. The SMILES string of the molecule is O=C(O)C1=Cc2cc([N+](=O)[O-])ccc2N(Cc2ccccc2)C1. The Hall–Kier alpha value is -3.15. The van der Waals surface area contributed by atoms with Crippen molar-refractivity contribution in [3.63, 3.8) is 0 Å². The number of non-ortho nitro benzene ring substituents is 1. The topological polar surface area (TPSA) is 83.7 Å². The predicted octanol–water partition coefficient (Wildman–Crippen LogP) is 3.08. The van der Waals surface area contributed by atoms with Crippen molar-refractivity contribution in [1.29, 1.82) is 0 Å². The summed E-state index contributed by atoms with van der Waals surface area (Å²) in [6, 6.07) is 14.2. The quantitative estimate of drug-likeness (QED) is 0.693. The van der Waals surface area contributed by atoms with E-state index in [-0.39, 0.29) is 17.8 Å². The van der Waals surface area contributed by atoms with Crippen molar-refractivity contribution in [2.24, 2.45) is 0 Å². The zero-order valence-corrected chi connectivity index (χ0v) is 12.2. The molecule has 0 saturated heterocycles. The van der Waals surface area contributed by atoms with Gasteiger partial charge in [0.2, 0.25) is 0 Å². The third kappa shape index (κ3) is 3.06. The van der Waals surface area contributed by atoms with Crippen molar-refractivity contribution >= 4 is 23.4 Å². The first-order valence-electron chi connectivity index (χ1n) is 7.06. The first-order valence-corrected chi connectivity index (χ1v) is 7.06. The van der Waals surface area contributed by atoms with Gasteiger partial charge in [-0.25, -0.2) is 4.79 Å². The van der Waals surface area contributed by atoms with Gasteiger partial charge in [-0.3, -0.25) is 10.1 Å². The summed E-state index contributed by atoms with van der Waals surface area (Å²) in [6.45, 7) is 0.797. The molecule has 0 atom stereocenters. The van der Waals surface area contributed by atoms with Crippen molar-refractivity contribution in [2.45, 2.75) is 6.54 Å². The van der Waals surface area contributed by atoms with E-state index in [1.807, 2.05) is 35.2 Å². The monoisotopic (exact) mass is 310 g/mol. The lowest BCUT2D eigenvalue weighted by Gasteiger charge is -2.30. The Labute approximate surface area is 132 Å². The van der Waals surface area contributed by atoms with Crippen molar-refractivity contribution in [3.05, 3.63) is 75.3 Å². The lowest BCUT2D eigenvalue weighted by molar-refractivity contribution is -0.384. The molecule has 0 radical (unpaired) electrons. The standard InChI is InChI=1S/C17H14N2O4/c20-17(21)14-8-13-9-15(19(22)23)6-7-16(13)18(11-14)10-12-4-2-1-3-5-12/h1-9H,10-11H2,(H,20,21).